The van der Waals surface area contributed by atoms with Gasteiger partial charge in [0.05, 0.1) is 0 Å². The molecule has 0 rings (SSSR count). The van der Waals surface area contributed by atoms with Crippen LogP contribution in [-0.2, 0) is 0 Å². The highest BCUT2D eigenvalue weighted by Crippen LogP contribution is 2.11. The monoisotopic (exact) mass is 225 g/mol. The molecule has 0 spiro atoms. The summed E-state index contributed by atoms with van der Waals surface area (Å²) in [7, 11) is 0. The molecule has 0 aromatic rings. The van der Waals surface area contributed by atoms with E-state index in [0.717, 1.165) is 13.1 Å². The first-order valence-corrected chi connectivity index (χ1v) is 7.17. The van der Waals surface area contributed by atoms with E-state index in [0.29, 0.717) is 0 Å². The Kier molecular flexibility index (Phi) is 12.5. The summed E-state index contributed by atoms with van der Waals surface area (Å²) in [5.74, 6) is 0. The summed E-state index contributed by atoms with van der Waals surface area (Å²) in [5, 5.41) is 3.35. The van der Waals surface area contributed by atoms with E-state index >= 15 is 0 Å². The molecule has 0 aliphatic rings. The van der Waals surface area contributed by atoms with Gasteiger partial charge in [-0.3, -0.25) is 0 Å². The zero-order valence-corrected chi connectivity index (χ0v) is 11.6. The number of allylic oxidation sites excluding steroid dienone is 1. The first kappa shape index (κ1) is 15.7. The SMILES string of the molecule is CCCCCCCCC(C)=CCCNCC. The van der Waals surface area contributed by atoms with Crippen LogP contribution in [0.25, 0.3) is 0 Å². The normalized spacial score (nSPS) is 12.1. The lowest BCUT2D eigenvalue weighted by Crippen LogP contribution is -2.13. The summed E-state index contributed by atoms with van der Waals surface area (Å²) >= 11 is 0. The van der Waals surface area contributed by atoms with E-state index in [1.807, 2.05) is 0 Å². The minimum absolute atomic E-state index is 1.09. The number of nitrogens with one attached hydrogen (secondary N) is 1. The van der Waals surface area contributed by atoms with Crippen LogP contribution in [-0.4, -0.2) is 13.1 Å². The lowest BCUT2D eigenvalue weighted by Gasteiger charge is -2.03. The molecule has 1 heteroatoms. The molecule has 0 aromatic carbocycles. The first-order valence-electron chi connectivity index (χ1n) is 7.17. The van der Waals surface area contributed by atoms with Crippen LogP contribution >= 0.6 is 0 Å². The van der Waals surface area contributed by atoms with Crippen LogP contribution in [0, 0.1) is 0 Å². The maximum Gasteiger partial charge on any atom is -0.00143 e. The first-order chi connectivity index (χ1) is 7.81. The van der Waals surface area contributed by atoms with Crippen molar-refractivity contribution >= 4 is 0 Å². The average molecular weight is 225 g/mol. The molecule has 0 saturated carbocycles. The van der Waals surface area contributed by atoms with Crippen molar-refractivity contribution in [2.75, 3.05) is 13.1 Å². The third-order valence-corrected chi connectivity index (χ3v) is 2.99. The lowest BCUT2D eigenvalue weighted by molar-refractivity contribution is 0.605. The molecule has 0 bridgehead atoms. The number of rotatable bonds is 11. The molecular formula is C15H31N. The van der Waals surface area contributed by atoms with Gasteiger partial charge in [-0.25, -0.2) is 0 Å². The van der Waals surface area contributed by atoms with E-state index in [4.69, 9.17) is 0 Å². The Morgan fingerprint density at radius 2 is 1.69 bits per heavy atom. The van der Waals surface area contributed by atoms with Crippen LogP contribution < -0.4 is 5.32 Å². The third kappa shape index (κ3) is 11.8. The number of hydrogen-bond donors (Lipinski definition) is 1. The Balaban J connectivity index is 3.25. The van der Waals surface area contributed by atoms with E-state index in [1.54, 1.807) is 5.57 Å². The Morgan fingerprint density at radius 3 is 2.38 bits per heavy atom. The highest BCUT2D eigenvalue weighted by atomic mass is 14.8. The largest absolute Gasteiger partial charge is 0.317 e. The minimum atomic E-state index is 1.09. The number of unbranched alkanes of at least 4 members (excludes halogenated alkanes) is 5. The molecule has 0 radical (unpaired) electrons. The zero-order chi connectivity index (χ0) is 12.1. The van der Waals surface area contributed by atoms with Gasteiger partial charge in [-0.05, 0) is 39.3 Å². The smallest absolute Gasteiger partial charge is 0.00143 e. The van der Waals surface area contributed by atoms with Crippen molar-refractivity contribution in [1.82, 2.24) is 5.32 Å². The highest BCUT2D eigenvalue weighted by Gasteiger charge is 1.92. The minimum Gasteiger partial charge on any atom is -0.317 e. The third-order valence-electron chi connectivity index (χ3n) is 2.99. The van der Waals surface area contributed by atoms with E-state index in [1.165, 1.54) is 51.4 Å². The molecule has 0 saturated heterocycles. The Bertz CT molecular complexity index is 161. The fraction of sp³-hybridized carbons (Fsp3) is 0.867. The zero-order valence-electron chi connectivity index (χ0n) is 11.6. The van der Waals surface area contributed by atoms with Gasteiger partial charge in [-0.1, -0.05) is 57.6 Å². The summed E-state index contributed by atoms with van der Waals surface area (Å²) in [6.07, 6.45) is 13.3. The van der Waals surface area contributed by atoms with Crippen molar-refractivity contribution in [1.29, 1.82) is 0 Å². The predicted molar refractivity (Wildman–Crippen MR) is 74.9 cm³/mol. The summed E-state index contributed by atoms with van der Waals surface area (Å²) in [4.78, 5) is 0. The standard InChI is InChI=1S/C15H31N/c1-4-6-7-8-9-10-12-15(3)13-11-14-16-5-2/h13,16H,4-12,14H2,1-3H3. The van der Waals surface area contributed by atoms with Crippen LogP contribution in [0.2, 0.25) is 0 Å². The molecule has 0 heterocycles. The molecule has 96 valence electrons. The van der Waals surface area contributed by atoms with Crippen LogP contribution in [0.15, 0.2) is 11.6 Å². The molecular weight excluding hydrogens is 194 g/mol. The maximum absolute atomic E-state index is 3.35. The summed E-state index contributed by atoms with van der Waals surface area (Å²) in [6, 6.07) is 0. The van der Waals surface area contributed by atoms with Crippen LogP contribution in [0.3, 0.4) is 0 Å². The molecule has 0 atom stereocenters. The van der Waals surface area contributed by atoms with Crippen molar-refractivity contribution < 1.29 is 0 Å². The Labute approximate surface area is 103 Å². The van der Waals surface area contributed by atoms with Gasteiger partial charge in [0, 0.05) is 0 Å². The predicted octanol–water partition coefficient (Wildman–Crippen LogP) is 4.68. The molecule has 16 heavy (non-hydrogen) atoms. The van der Waals surface area contributed by atoms with Gasteiger partial charge in [-0.15, -0.1) is 0 Å². The second-order valence-electron chi connectivity index (χ2n) is 4.71. The van der Waals surface area contributed by atoms with Crippen molar-refractivity contribution in [2.45, 2.75) is 72.1 Å². The van der Waals surface area contributed by atoms with Gasteiger partial charge < -0.3 is 5.32 Å². The fourth-order valence-electron chi connectivity index (χ4n) is 1.88. The molecule has 0 aliphatic heterocycles. The van der Waals surface area contributed by atoms with Gasteiger partial charge >= 0.3 is 0 Å². The van der Waals surface area contributed by atoms with Crippen molar-refractivity contribution in [3.8, 4) is 0 Å². The van der Waals surface area contributed by atoms with Crippen LogP contribution in [0.4, 0.5) is 0 Å². The van der Waals surface area contributed by atoms with E-state index in [9.17, 15) is 0 Å². The second kappa shape index (κ2) is 12.8. The fourth-order valence-corrected chi connectivity index (χ4v) is 1.88. The highest BCUT2D eigenvalue weighted by molar-refractivity contribution is 4.97. The Morgan fingerprint density at radius 1 is 1.00 bits per heavy atom. The summed E-state index contributed by atoms with van der Waals surface area (Å²) in [6.45, 7) is 8.93. The molecule has 0 fully saturated rings. The number of hydrogen-bond acceptors (Lipinski definition) is 1. The van der Waals surface area contributed by atoms with E-state index in [2.05, 4.69) is 32.2 Å². The lowest BCUT2D eigenvalue weighted by atomic mass is 10.1. The van der Waals surface area contributed by atoms with E-state index in [-0.39, 0.29) is 0 Å². The van der Waals surface area contributed by atoms with Gasteiger partial charge in [-0.2, -0.15) is 0 Å². The van der Waals surface area contributed by atoms with Crippen LogP contribution in [0.1, 0.15) is 72.1 Å². The molecule has 1 nitrogen and oxygen atoms in total. The van der Waals surface area contributed by atoms with Gasteiger partial charge in [0.2, 0.25) is 0 Å². The van der Waals surface area contributed by atoms with Crippen molar-refractivity contribution in [3.05, 3.63) is 11.6 Å². The van der Waals surface area contributed by atoms with Crippen molar-refractivity contribution in [3.63, 3.8) is 0 Å². The molecule has 0 aliphatic carbocycles. The molecule has 1 N–H and O–H groups in total. The average Bonchev–Trinajstić information content (AvgIpc) is 2.29. The summed E-state index contributed by atoms with van der Waals surface area (Å²) in [5.41, 5.74) is 1.58. The van der Waals surface area contributed by atoms with E-state index < -0.39 is 0 Å². The van der Waals surface area contributed by atoms with Gasteiger partial charge in [0.25, 0.3) is 0 Å². The molecule has 0 unspecified atom stereocenters. The summed E-state index contributed by atoms with van der Waals surface area (Å²) < 4.78 is 0. The van der Waals surface area contributed by atoms with Gasteiger partial charge in [0.15, 0.2) is 0 Å². The topological polar surface area (TPSA) is 12.0 Å². The quantitative estimate of drug-likeness (QED) is 0.397. The second-order valence-corrected chi connectivity index (χ2v) is 4.71. The van der Waals surface area contributed by atoms with Crippen molar-refractivity contribution in [2.24, 2.45) is 0 Å². The Hall–Kier alpha value is -0.300. The molecule has 0 amide bonds. The molecule has 0 aromatic heterocycles. The van der Waals surface area contributed by atoms with Crippen LogP contribution in [0.5, 0.6) is 0 Å². The van der Waals surface area contributed by atoms with Gasteiger partial charge in [0.1, 0.15) is 0 Å². The maximum atomic E-state index is 3.35.